The molecule has 0 spiro atoms. The van der Waals surface area contributed by atoms with Gasteiger partial charge in [-0.3, -0.25) is 15.1 Å². The van der Waals surface area contributed by atoms with Crippen LogP contribution in [0.15, 0.2) is 45.6 Å². The Morgan fingerprint density at radius 1 is 1.21 bits per heavy atom. The number of hydrogen-bond acceptors (Lipinski definition) is 4. The van der Waals surface area contributed by atoms with Crippen LogP contribution in [0.2, 0.25) is 0 Å². The highest BCUT2D eigenvalue weighted by Gasteiger charge is 2.15. The number of nitro benzene ring substituents is 1. The monoisotopic (exact) mass is 386 g/mol. The Kier molecular flexibility index (Phi) is 4.49. The summed E-state index contributed by atoms with van der Waals surface area (Å²) in [7, 11) is 0. The smallest absolute Gasteiger partial charge is 0.312 e. The molecule has 0 bridgehead atoms. The van der Waals surface area contributed by atoms with E-state index in [2.05, 4.69) is 36.8 Å². The van der Waals surface area contributed by atoms with E-state index in [9.17, 15) is 10.1 Å². The molecular weight excluding hydrogens is 380 g/mol. The second-order valence-electron chi connectivity index (χ2n) is 3.67. The van der Waals surface area contributed by atoms with Gasteiger partial charge in [0.1, 0.15) is 6.61 Å². The fourth-order valence-corrected chi connectivity index (χ4v) is 2.21. The van der Waals surface area contributed by atoms with Gasteiger partial charge in [0.25, 0.3) is 0 Å². The van der Waals surface area contributed by atoms with Gasteiger partial charge in [-0.05, 0) is 34.1 Å². The highest BCUT2D eigenvalue weighted by molar-refractivity contribution is 9.10. The second kappa shape index (κ2) is 6.12. The van der Waals surface area contributed by atoms with Crippen molar-refractivity contribution < 1.29 is 9.66 Å². The van der Waals surface area contributed by atoms with Crippen molar-refractivity contribution >= 4 is 37.5 Å². The van der Waals surface area contributed by atoms with Gasteiger partial charge in [0.2, 0.25) is 0 Å². The van der Waals surface area contributed by atoms with E-state index in [0.29, 0.717) is 4.47 Å². The Labute approximate surface area is 126 Å². The van der Waals surface area contributed by atoms with Crippen molar-refractivity contribution in [3.05, 3.63) is 61.3 Å². The quantitative estimate of drug-likeness (QED) is 0.585. The number of halogens is 2. The van der Waals surface area contributed by atoms with Crippen LogP contribution in [0.1, 0.15) is 5.56 Å². The average Bonchev–Trinajstić information content (AvgIpc) is 2.37. The molecule has 1 heterocycles. The average molecular weight is 388 g/mol. The summed E-state index contributed by atoms with van der Waals surface area (Å²) in [4.78, 5) is 14.5. The number of hydrogen-bond donors (Lipinski definition) is 0. The first-order valence-electron chi connectivity index (χ1n) is 5.22. The maximum Gasteiger partial charge on any atom is 0.312 e. The highest BCUT2D eigenvalue weighted by Crippen LogP contribution is 2.30. The SMILES string of the molecule is O=[N+]([O-])c1cc(Br)ccc1OCc1cncc(Br)c1. The third-order valence-electron chi connectivity index (χ3n) is 2.27. The second-order valence-corrected chi connectivity index (χ2v) is 5.50. The topological polar surface area (TPSA) is 65.3 Å². The number of aromatic nitrogens is 1. The molecule has 0 N–H and O–H groups in total. The molecule has 0 fully saturated rings. The van der Waals surface area contributed by atoms with Crippen molar-refractivity contribution in [3.63, 3.8) is 0 Å². The van der Waals surface area contributed by atoms with Gasteiger partial charge in [-0.1, -0.05) is 15.9 Å². The first-order chi connectivity index (χ1) is 9.06. The summed E-state index contributed by atoms with van der Waals surface area (Å²) < 4.78 is 6.94. The van der Waals surface area contributed by atoms with E-state index in [-0.39, 0.29) is 18.0 Å². The van der Waals surface area contributed by atoms with Gasteiger partial charge >= 0.3 is 5.69 Å². The van der Waals surface area contributed by atoms with Crippen LogP contribution in [0.25, 0.3) is 0 Å². The standard InChI is InChI=1S/C12H8Br2N2O3/c13-9-1-2-12(11(4-9)16(17)18)19-7-8-3-10(14)6-15-5-8/h1-6H,7H2. The van der Waals surface area contributed by atoms with E-state index in [1.165, 1.54) is 6.07 Å². The molecule has 5 nitrogen and oxygen atoms in total. The summed E-state index contributed by atoms with van der Waals surface area (Å²) in [6.07, 6.45) is 3.31. The van der Waals surface area contributed by atoms with Crippen molar-refractivity contribution in [2.75, 3.05) is 0 Å². The zero-order valence-electron chi connectivity index (χ0n) is 9.55. The Hall–Kier alpha value is -1.47. The van der Waals surface area contributed by atoms with Crippen molar-refractivity contribution in [1.29, 1.82) is 0 Å². The van der Waals surface area contributed by atoms with Crippen molar-refractivity contribution in [1.82, 2.24) is 4.98 Å². The van der Waals surface area contributed by atoms with Gasteiger partial charge in [0.05, 0.1) is 4.92 Å². The van der Waals surface area contributed by atoms with Gasteiger partial charge in [0.15, 0.2) is 5.75 Å². The van der Waals surface area contributed by atoms with E-state index in [0.717, 1.165) is 10.0 Å². The molecule has 0 saturated carbocycles. The molecule has 0 aliphatic rings. The lowest BCUT2D eigenvalue weighted by Crippen LogP contribution is -1.99. The van der Waals surface area contributed by atoms with Gasteiger partial charge in [-0.15, -0.1) is 0 Å². The molecule has 7 heteroatoms. The zero-order chi connectivity index (χ0) is 13.8. The molecular formula is C12H8Br2N2O3. The summed E-state index contributed by atoms with van der Waals surface area (Å²) in [6.45, 7) is 0.217. The maximum atomic E-state index is 10.9. The first kappa shape index (κ1) is 14.0. The minimum absolute atomic E-state index is 0.0719. The molecule has 98 valence electrons. The first-order valence-corrected chi connectivity index (χ1v) is 6.81. The molecule has 0 atom stereocenters. The maximum absolute atomic E-state index is 10.9. The predicted octanol–water partition coefficient (Wildman–Crippen LogP) is 4.09. The van der Waals surface area contributed by atoms with E-state index >= 15 is 0 Å². The van der Waals surface area contributed by atoms with Crippen LogP contribution in [0.3, 0.4) is 0 Å². The number of nitro groups is 1. The van der Waals surface area contributed by atoms with Crippen LogP contribution in [0, 0.1) is 10.1 Å². The minimum atomic E-state index is -0.473. The van der Waals surface area contributed by atoms with E-state index in [1.807, 2.05) is 6.07 Å². The largest absolute Gasteiger partial charge is 0.482 e. The van der Waals surface area contributed by atoms with Crippen molar-refractivity contribution in [2.45, 2.75) is 6.61 Å². The van der Waals surface area contributed by atoms with E-state index < -0.39 is 4.92 Å². The molecule has 2 aromatic rings. The fourth-order valence-electron chi connectivity index (χ4n) is 1.45. The van der Waals surface area contributed by atoms with E-state index in [4.69, 9.17) is 4.74 Å². The predicted molar refractivity (Wildman–Crippen MR) is 77.1 cm³/mol. The van der Waals surface area contributed by atoms with Crippen molar-refractivity contribution in [2.24, 2.45) is 0 Å². The van der Waals surface area contributed by atoms with Crippen LogP contribution in [-0.4, -0.2) is 9.91 Å². The Balaban J connectivity index is 2.17. The van der Waals surface area contributed by atoms with Gasteiger partial charge in [-0.2, -0.15) is 0 Å². The summed E-state index contributed by atoms with van der Waals surface area (Å²) in [6, 6.07) is 6.52. The Bertz CT molecular complexity index is 620. The molecule has 0 saturated heterocycles. The Morgan fingerprint density at radius 2 is 2.00 bits per heavy atom. The molecule has 0 unspecified atom stereocenters. The lowest BCUT2D eigenvalue weighted by Gasteiger charge is -2.07. The molecule has 0 aliphatic heterocycles. The summed E-state index contributed by atoms with van der Waals surface area (Å²) in [5.41, 5.74) is 0.754. The van der Waals surface area contributed by atoms with Crippen LogP contribution < -0.4 is 4.74 Å². The van der Waals surface area contributed by atoms with Gasteiger partial charge < -0.3 is 4.74 Å². The van der Waals surface area contributed by atoms with E-state index in [1.54, 1.807) is 24.5 Å². The number of ether oxygens (including phenoxy) is 1. The van der Waals surface area contributed by atoms with Crippen LogP contribution >= 0.6 is 31.9 Å². The summed E-state index contributed by atoms with van der Waals surface area (Å²) in [5.74, 6) is 0.230. The minimum Gasteiger partial charge on any atom is -0.482 e. The van der Waals surface area contributed by atoms with Crippen LogP contribution in [0.4, 0.5) is 5.69 Å². The molecule has 19 heavy (non-hydrogen) atoms. The fraction of sp³-hybridized carbons (Fsp3) is 0.0833. The van der Waals surface area contributed by atoms with Gasteiger partial charge in [0, 0.05) is 33.0 Å². The third-order valence-corrected chi connectivity index (χ3v) is 3.20. The molecule has 1 aromatic heterocycles. The lowest BCUT2D eigenvalue weighted by atomic mass is 10.3. The molecule has 0 aliphatic carbocycles. The number of nitrogens with zero attached hydrogens (tertiary/aromatic N) is 2. The highest BCUT2D eigenvalue weighted by atomic mass is 79.9. The summed E-state index contributed by atoms with van der Waals surface area (Å²) in [5, 5.41) is 10.9. The Morgan fingerprint density at radius 3 is 2.68 bits per heavy atom. The molecule has 0 amide bonds. The molecule has 2 rings (SSSR count). The normalized spacial score (nSPS) is 10.2. The lowest BCUT2D eigenvalue weighted by molar-refractivity contribution is -0.386. The van der Waals surface area contributed by atoms with Crippen LogP contribution in [-0.2, 0) is 6.61 Å². The van der Waals surface area contributed by atoms with Crippen molar-refractivity contribution in [3.8, 4) is 5.75 Å². The summed E-state index contributed by atoms with van der Waals surface area (Å²) >= 11 is 6.50. The number of pyridine rings is 1. The van der Waals surface area contributed by atoms with Gasteiger partial charge in [-0.25, -0.2) is 0 Å². The molecule has 0 radical (unpaired) electrons. The zero-order valence-corrected chi connectivity index (χ0v) is 12.7. The molecule has 1 aromatic carbocycles. The van der Waals surface area contributed by atoms with Crippen LogP contribution in [0.5, 0.6) is 5.75 Å². The number of rotatable bonds is 4. The third kappa shape index (κ3) is 3.74. The number of benzene rings is 1.